The minimum atomic E-state index is -0.745. The summed E-state index contributed by atoms with van der Waals surface area (Å²) in [5, 5.41) is 2.23. The van der Waals surface area contributed by atoms with Crippen LogP contribution in [0.25, 0.3) is 17.4 Å². The fourth-order valence-electron chi connectivity index (χ4n) is 3.57. The van der Waals surface area contributed by atoms with Gasteiger partial charge < -0.3 is 4.42 Å². The molecule has 1 saturated heterocycles. The average Bonchev–Trinajstić information content (AvgIpc) is 3.31. The first-order valence-corrected chi connectivity index (χ1v) is 9.69. The summed E-state index contributed by atoms with van der Waals surface area (Å²) in [6, 6.07) is 6.60. The molecule has 1 aliphatic carbocycles. The van der Waals surface area contributed by atoms with Gasteiger partial charge in [0.1, 0.15) is 22.9 Å². The smallest absolute Gasteiger partial charge is 0.331 e. The first-order chi connectivity index (χ1) is 13.4. The summed E-state index contributed by atoms with van der Waals surface area (Å²) in [6.07, 6.45) is 4.70. The lowest BCUT2D eigenvalue weighted by atomic mass is 10.1. The Kier molecular flexibility index (Phi) is 4.89. The minimum Gasteiger partial charge on any atom is -0.457 e. The molecule has 1 aliphatic heterocycles. The number of halogens is 2. The summed E-state index contributed by atoms with van der Waals surface area (Å²) < 4.78 is 19.5. The van der Waals surface area contributed by atoms with Gasteiger partial charge in [0.15, 0.2) is 0 Å². The fraction of sp³-hybridized carbons (Fsp3) is 0.250. The Labute approximate surface area is 168 Å². The standard InChI is InChI=1S/C20H16BrFN2O4/c21-16-9-11(22)5-7-14(16)17-8-6-13(28-17)10-15-18(25)23-20(27)24(19(15)26)12-3-1-2-4-12/h5-10,12H,1-4H2,(H,23,25,27)/b15-10+. The van der Waals surface area contributed by atoms with Crippen LogP contribution in [0.15, 0.2) is 44.8 Å². The van der Waals surface area contributed by atoms with E-state index in [-0.39, 0.29) is 23.2 Å². The van der Waals surface area contributed by atoms with Gasteiger partial charge in [0.25, 0.3) is 11.8 Å². The number of rotatable bonds is 3. The number of amides is 4. The highest BCUT2D eigenvalue weighted by Gasteiger charge is 2.40. The molecule has 1 aromatic heterocycles. The van der Waals surface area contributed by atoms with Crippen molar-refractivity contribution in [1.29, 1.82) is 0 Å². The van der Waals surface area contributed by atoms with Crippen molar-refractivity contribution in [2.24, 2.45) is 0 Å². The van der Waals surface area contributed by atoms with Gasteiger partial charge in [0.2, 0.25) is 0 Å². The Hall–Kier alpha value is -2.74. The van der Waals surface area contributed by atoms with Gasteiger partial charge in [-0.25, -0.2) is 9.18 Å². The summed E-state index contributed by atoms with van der Waals surface area (Å²) in [5.74, 6) is -1.01. The number of furan rings is 1. The highest BCUT2D eigenvalue weighted by molar-refractivity contribution is 9.10. The third kappa shape index (κ3) is 3.40. The van der Waals surface area contributed by atoms with Crippen molar-refractivity contribution in [2.75, 3.05) is 0 Å². The Morgan fingerprint density at radius 2 is 1.89 bits per heavy atom. The van der Waals surface area contributed by atoms with Crippen LogP contribution in [0.5, 0.6) is 0 Å². The van der Waals surface area contributed by atoms with Gasteiger partial charge in [0, 0.05) is 16.1 Å². The highest BCUT2D eigenvalue weighted by atomic mass is 79.9. The molecule has 1 saturated carbocycles. The second kappa shape index (κ2) is 7.35. The molecule has 2 aliphatic rings. The van der Waals surface area contributed by atoms with E-state index in [9.17, 15) is 18.8 Å². The van der Waals surface area contributed by atoms with E-state index in [0.29, 0.717) is 15.8 Å². The topological polar surface area (TPSA) is 79.6 Å². The molecule has 0 radical (unpaired) electrons. The molecule has 8 heteroatoms. The van der Waals surface area contributed by atoms with E-state index in [1.807, 2.05) is 0 Å². The van der Waals surface area contributed by atoms with E-state index in [2.05, 4.69) is 21.2 Å². The molecule has 1 aromatic carbocycles. The zero-order valence-corrected chi connectivity index (χ0v) is 16.3. The molecule has 144 valence electrons. The number of carbonyl (C=O) groups excluding carboxylic acids is 3. The van der Waals surface area contributed by atoms with Crippen LogP contribution in [0.2, 0.25) is 0 Å². The lowest BCUT2D eigenvalue weighted by molar-refractivity contribution is -0.131. The number of carbonyl (C=O) groups is 3. The molecule has 28 heavy (non-hydrogen) atoms. The Morgan fingerprint density at radius 3 is 2.61 bits per heavy atom. The average molecular weight is 447 g/mol. The Balaban J connectivity index is 1.64. The van der Waals surface area contributed by atoms with E-state index in [1.54, 1.807) is 18.2 Å². The monoisotopic (exact) mass is 446 g/mol. The normalized spacial score (nSPS) is 19.6. The van der Waals surface area contributed by atoms with Crippen molar-refractivity contribution in [3.63, 3.8) is 0 Å². The fourth-order valence-corrected chi connectivity index (χ4v) is 4.12. The molecule has 4 amide bonds. The van der Waals surface area contributed by atoms with Crippen LogP contribution >= 0.6 is 15.9 Å². The number of nitrogens with one attached hydrogen (secondary N) is 1. The number of barbiturate groups is 1. The lowest BCUT2D eigenvalue weighted by Gasteiger charge is -2.30. The van der Waals surface area contributed by atoms with Crippen LogP contribution in [-0.4, -0.2) is 28.8 Å². The largest absolute Gasteiger partial charge is 0.457 e. The van der Waals surface area contributed by atoms with Crippen molar-refractivity contribution in [3.05, 3.63) is 52.0 Å². The summed E-state index contributed by atoms with van der Waals surface area (Å²) in [5.41, 5.74) is 0.485. The lowest BCUT2D eigenvalue weighted by Crippen LogP contribution is -2.57. The number of hydrogen-bond donors (Lipinski definition) is 1. The molecule has 0 unspecified atom stereocenters. The third-order valence-electron chi connectivity index (χ3n) is 4.93. The van der Waals surface area contributed by atoms with Crippen LogP contribution in [0.4, 0.5) is 9.18 Å². The van der Waals surface area contributed by atoms with Crippen LogP contribution in [-0.2, 0) is 9.59 Å². The maximum atomic E-state index is 13.3. The molecular formula is C20H16BrFN2O4. The minimum absolute atomic E-state index is 0.148. The van der Waals surface area contributed by atoms with Crippen molar-refractivity contribution in [3.8, 4) is 11.3 Å². The molecule has 0 bridgehead atoms. The van der Waals surface area contributed by atoms with Gasteiger partial charge in [-0.05, 0) is 65.2 Å². The maximum Gasteiger partial charge on any atom is 0.331 e. The summed E-state index contributed by atoms with van der Waals surface area (Å²) >= 11 is 3.29. The second-order valence-corrected chi connectivity index (χ2v) is 7.61. The second-order valence-electron chi connectivity index (χ2n) is 6.76. The van der Waals surface area contributed by atoms with Crippen molar-refractivity contribution in [1.82, 2.24) is 10.2 Å². The molecule has 4 rings (SSSR count). The van der Waals surface area contributed by atoms with E-state index in [1.165, 1.54) is 18.2 Å². The molecular weight excluding hydrogens is 431 g/mol. The van der Waals surface area contributed by atoms with Crippen LogP contribution in [0.3, 0.4) is 0 Å². The van der Waals surface area contributed by atoms with Crippen molar-refractivity contribution < 1.29 is 23.2 Å². The Morgan fingerprint density at radius 1 is 1.14 bits per heavy atom. The summed E-state index contributed by atoms with van der Waals surface area (Å²) in [6.45, 7) is 0. The quantitative estimate of drug-likeness (QED) is 0.564. The van der Waals surface area contributed by atoms with Gasteiger partial charge in [-0.2, -0.15) is 0 Å². The first-order valence-electron chi connectivity index (χ1n) is 8.90. The van der Waals surface area contributed by atoms with E-state index < -0.39 is 17.8 Å². The van der Waals surface area contributed by atoms with E-state index >= 15 is 0 Å². The molecule has 2 fully saturated rings. The van der Waals surface area contributed by atoms with Gasteiger partial charge >= 0.3 is 6.03 Å². The summed E-state index contributed by atoms with van der Waals surface area (Å²) in [7, 11) is 0. The number of benzene rings is 1. The molecule has 0 atom stereocenters. The molecule has 2 aromatic rings. The highest BCUT2D eigenvalue weighted by Crippen LogP contribution is 2.32. The number of hydrogen-bond acceptors (Lipinski definition) is 4. The SMILES string of the molecule is O=C1NC(=O)N(C2CCCC2)C(=O)/C1=C/c1ccc(-c2ccc(F)cc2Br)o1. The van der Waals surface area contributed by atoms with Gasteiger partial charge in [-0.3, -0.25) is 19.8 Å². The number of nitrogens with zero attached hydrogens (tertiary/aromatic N) is 1. The van der Waals surface area contributed by atoms with Crippen LogP contribution in [0.1, 0.15) is 31.4 Å². The van der Waals surface area contributed by atoms with Gasteiger partial charge in [0.05, 0.1) is 0 Å². The zero-order valence-electron chi connectivity index (χ0n) is 14.7. The van der Waals surface area contributed by atoms with E-state index in [0.717, 1.165) is 30.6 Å². The summed E-state index contributed by atoms with van der Waals surface area (Å²) in [4.78, 5) is 38.3. The predicted octanol–water partition coefficient (Wildman–Crippen LogP) is 4.25. The molecule has 6 nitrogen and oxygen atoms in total. The van der Waals surface area contributed by atoms with Crippen molar-refractivity contribution >= 4 is 39.9 Å². The number of urea groups is 1. The molecule has 2 heterocycles. The van der Waals surface area contributed by atoms with Crippen LogP contribution < -0.4 is 5.32 Å². The predicted molar refractivity (Wildman–Crippen MR) is 102 cm³/mol. The van der Waals surface area contributed by atoms with Gasteiger partial charge in [-0.15, -0.1) is 0 Å². The number of imide groups is 2. The Bertz CT molecular complexity index is 1010. The van der Waals surface area contributed by atoms with Crippen LogP contribution in [0, 0.1) is 5.82 Å². The molecule has 1 N–H and O–H groups in total. The van der Waals surface area contributed by atoms with Crippen molar-refractivity contribution in [2.45, 2.75) is 31.7 Å². The zero-order chi connectivity index (χ0) is 19.8. The first kappa shape index (κ1) is 18.6. The van der Waals surface area contributed by atoms with Gasteiger partial charge in [-0.1, -0.05) is 12.8 Å². The van der Waals surface area contributed by atoms with E-state index in [4.69, 9.17) is 4.42 Å². The third-order valence-corrected chi connectivity index (χ3v) is 5.59. The maximum absolute atomic E-state index is 13.3. The molecule has 0 spiro atoms.